The predicted octanol–water partition coefficient (Wildman–Crippen LogP) is 2.35. The standard InChI is InChI=1S/C10H4F3NO2/c11-5-3-4-1-2-14-9(10(15)16)6(4)8(13)7(5)12/h1-3H,(H,15,16). The highest BCUT2D eigenvalue weighted by Gasteiger charge is 2.19. The van der Waals surface area contributed by atoms with Crippen molar-refractivity contribution in [2.75, 3.05) is 0 Å². The number of aromatic carboxylic acids is 1. The Bertz CT molecular complexity index is 598. The van der Waals surface area contributed by atoms with Crippen molar-refractivity contribution in [3.05, 3.63) is 41.5 Å². The SMILES string of the molecule is O=C(O)c1nccc2cc(F)c(F)c(F)c12. The third-order valence-electron chi connectivity index (χ3n) is 2.09. The van der Waals surface area contributed by atoms with Crippen LogP contribution in [0, 0.1) is 17.5 Å². The van der Waals surface area contributed by atoms with E-state index in [1.165, 1.54) is 6.07 Å². The lowest BCUT2D eigenvalue weighted by atomic mass is 10.1. The van der Waals surface area contributed by atoms with Gasteiger partial charge in [0, 0.05) is 6.20 Å². The molecule has 0 aliphatic heterocycles. The van der Waals surface area contributed by atoms with Crippen molar-refractivity contribution in [1.29, 1.82) is 0 Å². The first kappa shape index (κ1) is 10.4. The number of fused-ring (bicyclic) bond motifs is 1. The minimum atomic E-state index is -1.71. The number of rotatable bonds is 1. The van der Waals surface area contributed by atoms with Crippen LogP contribution in [0.3, 0.4) is 0 Å². The molecule has 1 aromatic heterocycles. The van der Waals surface area contributed by atoms with E-state index in [0.717, 1.165) is 12.3 Å². The van der Waals surface area contributed by atoms with Crippen LogP contribution >= 0.6 is 0 Å². The van der Waals surface area contributed by atoms with Gasteiger partial charge in [0.15, 0.2) is 23.1 Å². The Kier molecular flexibility index (Phi) is 2.26. The third-order valence-corrected chi connectivity index (χ3v) is 2.09. The molecule has 0 unspecified atom stereocenters. The third kappa shape index (κ3) is 1.39. The lowest BCUT2D eigenvalue weighted by Gasteiger charge is -2.04. The molecule has 0 radical (unpaired) electrons. The second kappa shape index (κ2) is 3.48. The topological polar surface area (TPSA) is 50.2 Å². The van der Waals surface area contributed by atoms with E-state index in [2.05, 4.69) is 4.98 Å². The summed E-state index contributed by atoms with van der Waals surface area (Å²) in [5.74, 6) is -6.12. The minimum absolute atomic E-state index is 0.0520. The molecule has 1 heterocycles. The normalized spacial score (nSPS) is 10.7. The maximum atomic E-state index is 13.4. The molecule has 1 aromatic carbocycles. The van der Waals surface area contributed by atoms with Crippen LogP contribution in [0.1, 0.15) is 10.5 Å². The molecule has 0 aliphatic carbocycles. The van der Waals surface area contributed by atoms with Gasteiger partial charge in [-0.2, -0.15) is 0 Å². The van der Waals surface area contributed by atoms with Crippen LogP contribution < -0.4 is 0 Å². The van der Waals surface area contributed by atoms with Crippen LogP contribution in [0.15, 0.2) is 18.3 Å². The molecular formula is C10H4F3NO2. The van der Waals surface area contributed by atoms with Crippen molar-refractivity contribution in [3.63, 3.8) is 0 Å². The van der Waals surface area contributed by atoms with Gasteiger partial charge in [-0.15, -0.1) is 0 Å². The largest absolute Gasteiger partial charge is 0.476 e. The number of halogens is 3. The molecule has 0 amide bonds. The first-order chi connectivity index (χ1) is 7.52. The zero-order valence-electron chi connectivity index (χ0n) is 7.67. The average molecular weight is 227 g/mol. The molecule has 0 saturated carbocycles. The molecular weight excluding hydrogens is 223 g/mol. The van der Waals surface area contributed by atoms with Crippen LogP contribution in [0.2, 0.25) is 0 Å². The maximum absolute atomic E-state index is 13.4. The van der Waals surface area contributed by atoms with Crippen molar-refractivity contribution >= 4 is 16.7 Å². The van der Waals surface area contributed by atoms with E-state index in [0.29, 0.717) is 0 Å². The second-order valence-electron chi connectivity index (χ2n) is 3.05. The van der Waals surface area contributed by atoms with Crippen LogP contribution in [0.4, 0.5) is 13.2 Å². The van der Waals surface area contributed by atoms with Gasteiger partial charge in [-0.3, -0.25) is 0 Å². The number of nitrogens with zero attached hydrogens (tertiary/aromatic N) is 1. The summed E-state index contributed by atoms with van der Waals surface area (Å²) in [7, 11) is 0. The fourth-order valence-corrected chi connectivity index (χ4v) is 1.40. The molecule has 3 nitrogen and oxygen atoms in total. The highest BCUT2D eigenvalue weighted by atomic mass is 19.2. The Morgan fingerprint density at radius 1 is 1.25 bits per heavy atom. The Labute approximate surface area is 87.2 Å². The highest BCUT2D eigenvalue weighted by molar-refractivity contribution is 6.01. The Hall–Kier alpha value is -2.11. The molecule has 0 saturated heterocycles. The zero-order chi connectivity index (χ0) is 11.9. The average Bonchev–Trinajstić information content (AvgIpc) is 2.25. The number of aromatic nitrogens is 1. The molecule has 0 spiro atoms. The molecule has 2 aromatic rings. The highest BCUT2D eigenvalue weighted by Crippen LogP contribution is 2.24. The number of hydrogen-bond donors (Lipinski definition) is 1. The van der Waals surface area contributed by atoms with Gasteiger partial charge in [-0.25, -0.2) is 22.9 Å². The van der Waals surface area contributed by atoms with E-state index in [1.807, 2.05) is 0 Å². The van der Waals surface area contributed by atoms with Crippen molar-refractivity contribution in [2.45, 2.75) is 0 Å². The number of hydrogen-bond acceptors (Lipinski definition) is 2. The number of carbonyl (C=O) groups is 1. The maximum Gasteiger partial charge on any atom is 0.355 e. The van der Waals surface area contributed by atoms with Gasteiger partial charge >= 0.3 is 5.97 Å². The summed E-state index contributed by atoms with van der Waals surface area (Å²) in [6, 6.07) is 1.93. The summed E-state index contributed by atoms with van der Waals surface area (Å²) in [6.45, 7) is 0. The van der Waals surface area contributed by atoms with E-state index in [1.54, 1.807) is 0 Å². The molecule has 0 aliphatic rings. The lowest BCUT2D eigenvalue weighted by molar-refractivity contribution is 0.0692. The molecule has 82 valence electrons. The van der Waals surface area contributed by atoms with Gasteiger partial charge in [0.05, 0.1) is 5.39 Å². The van der Waals surface area contributed by atoms with E-state index in [-0.39, 0.29) is 5.39 Å². The number of carboxylic acids is 1. The zero-order valence-corrected chi connectivity index (χ0v) is 7.67. The predicted molar refractivity (Wildman–Crippen MR) is 48.6 cm³/mol. The van der Waals surface area contributed by atoms with Gasteiger partial charge in [-0.1, -0.05) is 0 Å². The van der Waals surface area contributed by atoms with Gasteiger partial charge in [-0.05, 0) is 17.5 Å². The van der Waals surface area contributed by atoms with Crippen molar-refractivity contribution < 1.29 is 23.1 Å². The minimum Gasteiger partial charge on any atom is -0.476 e. The summed E-state index contributed by atoms with van der Waals surface area (Å²) in [5.41, 5.74) is -0.645. The van der Waals surface area contributed by atoms with E-state index in [4.69, 9.17) is 5.11 Å². The Morgan fingerprint density at radius 2 is 1.94 bits per heavy atom. The smallest absolute Gasteiger partial charge is 0.355 e. The summed E-state index contributed by atoms with van der Waals surface area (Å²) in [6.07, 6.45) is 1.09. The molecule has 0 bridgehead atoms. The van der Waals surface area contributed by atoms with Gasteiger partial charge < -0.3 is 5.11 Å². The monoisotopic (exact) mass is 227 g/mol. The fraction of sp³-hybridized carbons (Fsp3) is 0. The molecule has 0 fully saturated rings. The molecule has 0 atom stereocenters. The van der Waals surface area contributed by atoms with Crippen molar-refractivity contribution in [2.24, 2.45) is 0 Å². The van der Waals surface area contributed by atoms with E-state index >= 15 is 0 Å². The first-order valence-corrected chi connectivity index (χ1v) is 4.18. The number of benzene rings is 1. The number of pyridine rings is 1. The first-order valence-electron chi connectivity index (χ1n) is 4.18. The van der Waals surface area contributed by atoms with Gasteiger partial charge in [0.25, 0.3) is 0 Å². The fourth-order valence-electron chi connectivity index (χ4n) is 1.40. The quantitative estimate of drug-likeness (QED) is 0.760. The second-order valence-corrected chi connectivity index (χ2v) is 3.05. The van der Waals surface area contributed by atoms with Crippen molar-refractivity contribution in [3.8, 4) is 0 Å². The Morgan fingerprint density at radius 3 is 2.56 bits per heavy atom. The molecule has 2 rings (SSSR count). The lowest BCUT2D eigenvalue weighted by Crippen LogP contribution is -2.04. The summed E-state index contributed by atoms with van der Waals surface area (Å²) < 4.78 is 39.2. The molecule has 16 heavy (non-hydrogen) atoms. The van der Waals surface area contributed by atoms with Crippen LogP contribution in [0.25, 0.3) is 10.8 Å². The summed E-state index contributed by atoms with van der Waals surface area (Å²) in [5, 5.41) is 8.14. The van der Waals surface area contributed by atoms with Crippen LogP contribution in [-0.2, 0) is 0 Å². The van der Waals surface area contributed by atoms with E-state index in [9.17, 15) is 18.0 Å². The van der Waals surface area contributed by atoms with Crippen LogP contribution in [-0.4, -0.2) is 16.1 Å². The Balaban J connectivity index is 2.97. The molecule has 6 heteroatoms. The van der Waals surface area contributed by atoms with E-state index < -0.39 is 34.5 Å². The summed E-state index contributed by atoms with van der Waals surface area (Å²) in [4.78, 5) is 14.1. The number of carboxylic acid groups (broad SMARTS) is 1. The van der Waals surface area contributed by atoms with Crippen molar-refractivity contribution in [1.82, 2.24) is 4.98 Å². The van der Waals surface area contributed by atoms with Gasteiger partial charge in [0.1, 0.15) is 0 Å². The van der Waals surface area contributed by atoms with Gasteiger partial charge in [0.2, 0.25) is 0 Å². The van der Waals surface area contributed by atoms with Crippen LogP contribution in [0.5, 0.6) is 0 Å². The molecule has 1 N–H and O–H groups in total. The summed E-state index contributed by atoms with van der Waals surface area (Å²) >= 11 is 0.